The van der Waals surface area contributed by atoms with Crippen molar-refractivity contribution in [3.8, 4) is 5.75 Å². The Kier molecular flexibility index (Phi) is 6.18. The summed E-state index contributed by atoms with van der Waals surface area (Å²) in [6.45, 7) is 4.72. The molecule has 5 nitrogen and oxygen atoms in total. The first-order chi connectivity index (χ1) is 11.0. The Morgan fingerprint density at radius 2 is 1.96 bits per heavy atom. The zero-order chi connectivity index (χ0) is 16.8. The monoisotopic (exact) mass is 396 g/mol. The van der Waals surface area contributed by atoms with Crippen molar-refractivity contribution < 1.29 is 14.3 Å². The van der Waals surface area contributed by atoms with E-state index in [1.807, 2.05) is 0 Å². The maximum Gasteiger partial charge on any atom is 0.279 e. The highest BCUT2D eigenvalue weighted by molar-refractivity contribution is 9.10. The van der Waals surface area contributed by atoms with Gasteiger partial charge in [0.15, 0.2) is 0 Å². The van der Waals surface area contributed by atoms with Crippen LogP contribution < -0.4 is 15.6 Å². The zero-order valence-corrected chi connectivity index (χ0v) is 15.2. The average Bonchev–Trinajstić information content (AvgIpc) is 3.05. The molecule has 0 saturated heterocycles. The molecule has 0 aliphatic rings. The fraction of sp³-hybridized carbons (Fsp3) is 0.250. The topological polar surface area (TPSA) is 67.4 Å². The molecule has 1 heterocycles. The first-order valence-electron chi connectivity index (χ1n) is 7.04. The summed E-state index contributed by atoms with van der Waals surface area (Å²) in [5, 5.41) is 1.80. The lowest BCUT2D eigenvalue weighted by atomic mass is 10.2. The highest BCUT2D eigenvalue weighted by atomic mass is 79.9. The van der Waals surface area contributed by atoms with E-state index < -0.39 is 5.91 Å². The highest BCUT2D eigenvalue weighted by Crippen LogP contribution is 2.26. The third-order valence-electron chi connectivity index (χ3n) is 2.80. The van der Waals surface area contributed by atoms with E-state index in [1.165, 1.54) is 11.3 Å². The molecule has 0 aliphatic heterocycles. The molecule has 1 aromatic heterocycles. The largest absolute Gasteiger partial charge is 0.492 e. The van der Waals surface area contributed by atoms with Gasteiger partial charge in [0.1, 0.15) is 5.75 Å². The minimum absolute atomic E-state index is 0.343. The van der Waals surface area contributed by atoms with Crippen LogP contribution in [0.3, 0.4) is 0 Å². The van der Waals surface area contributed by atoms with Gasteiger partial charge in [-0.25, -0.2) is 0 Å². The third-order valence-corrected chi connectivity index (χ3v) is 4.29. The number of ether oxygens (including phenoxy) is 1. The minimum Gasteiger partial charge on any atom is -0.492 e. The first kappa shape index (κ1) is 17.5. The second kappa shape index (κ2) is 8.12. The third kappa shape index (κ3) is 5.07. The molecule has 0 aliphatic carbocycles. The smallest absolute Gasteiger partial charge is 0.279 e. The minimum atomic E-state index is -0.397. The number of hydrogen-bond donors (Lipinski definition) is 2. The van der Waals surface area contributed by atoms with Crippen LogP contribution >= 0.6 is 27.3 Å². The van der Waals surface area contributed by atoms with Crippen LogP contribution in [0.15, 0.2) is 40.2 Å². The molecular formula is C16H17BrN2O3S. The quantitative estimate of drug-likeness (QED) is 0.758. The van der Waals surface area contributed by atoms with Crippen LogP contribution in [0.25, 0.3) is 0 Å². The molecule has 23 heavy (non-hydrogen) atoms. The Morgan fingerprint density at radius 3 is 2.57 bits per heavy atom. The number of thiophene rings is 1. The first-order valence-corrected chi connectivity index (χ1v) is 8.71. The van der Waals surface area contributed by atoms with Crippen molar-refractivity contribution in [2.75, 3.05) is 6.61 Å². The number of carbonyl (C=O) groups excluding carboxylic acids is 2. The van der Waals surface area contributed by atoms with Gasteiger partial charge in [0, 0.05) is 5.56 Å². The van der Waals surface area contributed by atoms with Crippen molar-refractivity contribution in [1.29, 1.82) is 0 Å². The van der Waals surface area contributed by atoms with Crippen LogP contribution in [0.1, 0.15) is 33.9 Å². The van der Waals surface area contributed by atoms with Gasteiger partial charge in [0.25, 0.3) is 11.8 Å². The maximum absolute atomic E-state index is 12.1. The maximum atomic E-state index is 12.1. The summed E-state index contributed by atoms with van der Waals surface area (Å²) in [7, 11) is 0. The Bertz CT molecular complexity index is 687. The van der Waals surface area contributed by atoms with Gasteiger partial charge in [-0.15, -0.1) is 11.3 Å². The molecule has 0 fully saturated rings. The van der Waals surface area contributed by atoms with Crippen LogP contribution in [-0.4, -0.2) is 18.4 Å². The zero-order valence-electron chi connectivity index (χ0n) is 12.8. The normalized spacial score (nSPS) is 10.4. The van der Waals surface area contributed by atoms with E-state index in [1.54, 1.807) is 35.7 Å². The summed E-state index contributed by atoms with van der Waals surface area (Å²) >= 11 is 4.69. The van der Waals surface area contributed by atoms with E-state index in [2.05, 4.69) is 40.6 Å². The summed E-state index contributed by atoms with van der Waals surface area (Å²) in [6.07, 6.45) is 0. The molecule has 0 atom stereocenters. The standard InChI is InChI=1S/C16H17BrN2O3S/c1-10(2)9-22-13-6-5-11(8-12(13)17)15(20)18-19-16(21)14-4-3-7-23-14/h3-8,10H,9H2,1-2H3,(H,18,20)(H,19,21). The summed E-state index contributed by atoms with van der Waals surface area (Å²) in [5.41, 5.74) is 5.19. The molecule has 2 amide bonds. The molecule has 0 unspecified atom stereocenters. The van der Waals surface area contributed by atoms with Gasteiger partial charge in [-0.1, -0.05) is 19.9 Å². The summed E-state index contributed by atoms with van der Waals surface area (Å²) in [5.74, 6) is 0.352. The second-order valence-corrected chi connectivity index (χ2v) is 7.04. The average molecular weight is 397 g/mol. The van der Waals surface area contributed by atoms with E-state index in [9.17, 15) is 9.59 Å². The number of carbonyl (C=O) groups is 2. The van der Waals surface area contributed by atoms with E-state index in [4.69, 9.17) is 4.74 Å². The second-order valence-electron chi connectivity index (χ2n) is 5.24. The van der Waals surface area contributed by atoms with Crippen molar-refractivity contribution in [2.45, 2.75) is 13.8 Å². The molecule has 0 spiro atoms. The van der Waals surface area contributed by atoms with Crippen molar-refractivity contribution in [1.82, 2.24) is 10.9 Å². The van der Waals surface area contributed by atoms with Crippen LogP contribution in [0.4, 0.5) is 0 Å². The van der Waals surface area contributed by atoms with Crippen LogP contribution in [-0.2, 0) is 0 Å². The van der Waals surface area contributed by atoms with Gasteiger partial charge in [0.2, 0.25) is 0 Å². The Hall–Kier alpha value is -1.86. The highest BCUT2D eigenvalue weighted by Gasteiger charge is 2.12. The van der Waals surface area contributed by atoms with Crippen molar-refractivity contribution in [3.05, 3.63) is 50.6 Å². The molecule has 2 rings (SSSR count). The lowest BCUT2D eigenvalue weighted by Gasteiger charge is -2.12. The number of halogens is 1. The lowest BCUT2D eigenvalue weighted by Crippen LogP contribution is -2.41. The predicted octanol–water partition coefficient (Wildman–Crippen LogP) is 3.62. The SMILES string of the molecule is CC(C)COc1ccc(C(=O)NNC(=O)c2cccs2)cc1Br. The predicted molar refractivity (Wildman–Crippen MR) is 93.7 cm³/mol. The van der Waals surface area contributed by atoms with Crippen molar-refractivity contribution >= 4 is 39.1 Å². The molecular weight excluding hydrogens is 380 g/mol. The number of hydrogen-bond acceptors (Lipinski definition) is 4. The number of nitrogens with one attached hydrogen (secondary N) is 2. The summed E-state index contributed by atoms with van der Waals surface area (Å²) in [6, 6.07) is 8.48. The van der Waals surface area contributed by atoms with Gasteiger partial charge < -0.3 is 4.74 Å². The lowest BCUT2D eigenvalue weighted by molar-refractivity contribution is 0.0849. The van der Waals surface area contributed by atoms with E-state index in [0.717, 1.165) is 0 Å². The molecule has 2 aromatic rings. The number of rotatable bonds is 5. The molecule has 7 heteroatoms. The van der Waals surface area contributed by atoms with E-state index in [0.29, 0.717) is 33.2 Å². The molecule has 0 saturated carbocycles. The number of hydrazine groups is 1. The van der Waals surface area contributed by atoms with Crippen LogP contribution in [0.5, 0.6) is 5.75 Å². The van der Waals surface area contributed by atoms with Crippen molar-refractivity contribution in [3.63, 3.8) is 0 Å². The van der Waals surface area contributed by atoms with E-state index in [-0.39, 0.29) is 5.91 Å². The number of benzene rings is 1. The van der Waals surface area contributed by atoms with Gasteiger partial charge in [-0.3, -0.25) is 20.4 Å². The Balaban J connectivity index is 1.94. The molecule has 0 radical (unpaired) electrons. The Labute approximate surface area is 147 Å². The van der Waals surface area contributed by atoms with Gasteiger partial charge in [-0.05, 0) is 51.5 Å². The van der Waals surface area contributed by atoms with Gasteiger partial charge in [-0.2, -0.15) is 0 Å². The fourth-order valence-electron chi connectivity index (χ4n) is 1.67. The van der Waals surface area contributed by atoms with E-state index >= 15 is 0 Å². The summed E-state index contributed by atoms with van der Waals surface area (Å²) in [4.78, 5) is 24.4. The van der Waals surface area contributed by atoms with Crippen LogP contribution in [0.2, 0.25) is 0 Å². The van der Waals surface area contributed by atoms with Crippen molar-refractivity contribution in [2.24, 2.45) is 5.92 Å². The molecule has 2 N–H and O–H groups in total. The molecule has 0 bridgehead atoms. The summed E-state index contributed by atoms with van der Waals surface area (Å²) < 4.78 is 6.32. The fourth-order valence-corrected chi connectivity index (χ4v) is 2.78. The molecule has 1 aromatic carbocycles. The Morgan fingerprint density at radius 1 is 1.22 bits per heavy atom. The molecule has 122 valence electrons. The van der Waals surface area contributed by atoms with Gasteiger partial charge in [0.05, 0.1) is 16.0 Å². The van der Waals surface area contributed by atoms with Crippen LogP contribution in [0, 0.1) is 5.92 Å². The number of amides is 2. The van der Waals surface area contributed by atoms with Gasteiger partial charge >= 0.3 is 0 Å².